The van der Waals surface area contributed by atoms with Crippen LogP contribution in [0.25, 0.3) is 0 Å². The number of fused-ring (bicyclic) bond motifs is 2. The monoisotopic (exact) mass is 292 g/mol. The molecule has 0 spiro atoms. The van der Waals surface area contributed by atoms with Crippen molar-refractivity contribution in [3.05, 3.63) is 0 Å². The van der Waals surface area contributed by atoms with Gasteiger partial charge in [-0.2, -0.15) is 0 Å². The molecule has 4 aliphatic rings. The quantitative estimate of drug-likeness (QED) is 0.779. The molecule has 0 aromatic heterocycles. The largest absolute Gasteiger partial charge is 0.369 e. The van der Waals surface area contributed by atoms with Crippen molar-refractivity contribution in [3.8, 4) is 0 Å². The summed E-state index contributed by atoms with van der Waals surface area (Å²) in [5.74, 6) is 1.73. The van der Waals surface area contributed by atoms with E-state index in [0.717, 1.165) is 31.3 Å². The molecule has 118 valence electrons. The Morgan fingerprint density at radius 2 is 1.95 bits per heavy atom. The molecule has 21 heavy (non-hydrogen) atoms. The molecule has 5 unspecified atom stereocenters. The van der Waals surface area contributed by atoms with Gasteiger partial charge in [-0.3, -0.25) is 9.69 Å². The van der Waals surface area contributed by atoms with E-state index in [1.54, 1.807) is 0 Å². The number of hydrogen-bond acceptors (Lipinski definition) is 3. The van der Waals surface area contributed by atoms with Gasteiger partial charge >= 0.3 is 0 Å². The normalized spacial score (nSPS) is 43.4. The topological polar surface area (TPSA) is 32.8 Å². The van der Waals surface area contributed by atoms with Gasteiger partial charge in [-0.15, -0.1) is 0 Å². The van der Waals surface area contributed by atoms with Crippen LogP contribution >= 0.6 is 0 Å². The predicted octanol–water partition coefficient (Wildman–Crippen LogP) is 1.89. The van der Waals surface area contributed by atoms with Gasteiger partial charge in [0.15, 0.2) is 0 Å². The number of carbonyl (C=O) groups is 1. The number of carbonyl (C=O) groups excluding carboxylic acids is 1. The molecule has 0 N–H and O–H groups in total. The Labute approximate surface area is 127 Å². The smallest absolute Gasteiger partial charge is 0.251 e. The van der Waals surface area contributed by atoms with Gasteiger partial charge in [0.25, 0.3) is 5.91 Å². The molecule has 0 aliphatic carbocycles. The van der Waals surface area contributed by atoms with Gasteiger partial charge in [0.05, 0.1) is 0 Å². The van der Waals surface area contributed by atoms with Crippen LogP contribution in [0.3, 0.4) is 0 Å². The number of rotatable bonds is 2. The van der Waals surface area contributed by atoms with Crippen molar-refractivity contribution in [2.45, 2.75) is 63.6 Å². The van der Waals surface area contributed by atoms with Crippen LogP contribution in [-0.2, 0) is 9.53 Å². The lowest BCUT2D eigenvalue weighted by Gasteiger charge is -2.59. The maximum atomic E-state index is 12.8. The molecule has 0 bridgehead atoms. The molecule has 4 saturated heterocycles. The Bertz CT molecular complexity index is 412. The highest BCUT2D eigenvalue weighted by atomic mass is 16.5. The summed E-state index contributed by atoms with van der Waals surface area (Å²) in [5.41, 5.74) is 0. The van der Waals surface area contributed by atoms with Crippen molar-refractivity contribution >= 4 is 5.91 Å². The van der Waals surface area contributed by atoms with Crippen molar-refractivity contribution in [1.29, 1.82) is 0 Å². The third-order valence-corrected chi connectivity index (χ3v) is 6.32. The van der Waals surface area contributed by atoms with Gasteiger partial charge in [0.2, 0.25) is 0 Å². The first kappa shape index (κ1) is 14.0. The Morgan fingerprint density at radius 3 is 2.76 bits per heavy atom. The van der Waals surface area contributed by atoms with Crippen LogP contribution in [0.4, 0.5) is 0 Å². The number of ether oxygens (including phenoxy) is 1. The minimum absolute atomic E-state index is 0.161. The van der Waals surface area contributed by atoms with Crippen LogP contribution in [0, 0.1) is 11.8 Å². The van der Waals surface area contributed by atoms with Crippen molar-refractivity contribution < 1.29 is 9.53 Å². The van der Waals surface area contributed by atoms with Gasteiger partial charge in [-0.1, -0.05) is 0 Å². The minimum Gasteiger partial charge on any atom is -0.369 e. The van der Waals surface area contributed by atoms with E-state index in [-0.39, 0.29) is 12.0 Å². The van der Waals surface area contributed by atoms with Crippen LogP contribution in [0.15, 0.2) is 0 Å². The first-order valence-electron chi connectivity index (χ1n) is 8.95. The molecule has 0 aromatic carbocycles. The number of piperidine rings is 4. The Hall–Kier alpha value is -0.610. The predicted molar refractivity (Wildman–Crippen MR) is 81.0 cm³/mol. The highest BCUT2D eigenvalue weighted by Crippen LogP contribution is 2.44. The molecular weight excluding hydrogens is 264 g/mol. The van der Waals surface area contributed by atoms with Gasteiger partial charge in [0.1, 0.15) is 6.10 Å². The lowest BCUT2D eigenvalue weighted by molar-refractivity contribution is -0.166. The average Bonchev–Trinajstić information content (AvgIpc) is 2.51. The molecule has 5 atom stereocenters. The summed E-state index contributed by atoms with van der Waals surface area (Å²) in [6.45, 7) is 6.22. The highest BCUT2D eigenvalue weighted by molar-refractivity contribution is 5.82. The van der Waals surface area contributed by atoms with E-state index >= 15 is 0 Å². The summed E-state index contributed by atoms with van der Waals surface area (Å²) in [7, 11) is 0. The molecule has 0 saturated carbocycles. The van der Waals surface area contributed by atoms with Crippen molar-refractivity contribution in [3.63, 3.8) is 0 Å². The number of amides is 1. The Kier molecular flexibility index (Phi) is 3.70. The fourth-order valence-electron chi connectivity index (χ4n) is 5.60. The zero-order chi connectivity index (χ0) is 14.4. The maximum Gasteiger partial charge on any atom is 0.251 e. The summed E-state index contributed by atoms with van der Waals surface area (Å²) < 4.78 is 5.68. The molecule has 4 heteroatoms. The fourth-order valence-corrected chi connectivity index (χ4v) is 5.60. The lowest BCUT2D eigenvalue weighted by Crippen LogP contribution is -2.68. The van der Waals surface area contributed by atoms with E-state index < -0.39 is 0 Å². The third-order valence-electron chi connectivity index (χ3n) is 6.32. The highest BCUT2D eigenvalue weighted by Gasteiger charge is 2.52. The molecule has 1 amide bonds. The molecule has 0 aromatic rings. The van der Waals surface area contributed by atoms with E-state index in [0.29, 0.717) is 18.6 Å². The van der Waals surface area contributed by atoms with Crippen LogP contribution < -0.4 is 0 Å². The molecule has 4 aliphatic heterocycles. The Morgan fingerprint density at radius 1 is 1.14 bits per heavy atom. The molecular formula is C17H28N2O2. The zero-order valence-electron chi connectivity index (χ0n) is 13.2. The van der Waals surface area contributed by atoms with Crippen LogP contribution in [0.2, 0.25) is 0 Å². The maximum absolute atomic E-state index is 12.8. The third kappa shape index (κ3) is 2.22. The van der Waals surface area contributed by atoms with E-state index in [9.17, 15) is 4.79 Å². The first-order chi connectivity index (χ1) is 10.3. The molecule has 4 rings (SSSR count). The van der Waals surface area contributed by atoms with E-state index in [4.69, 9.17) is 4.74 Å². The standard InChI is InChI=1S/C17H28N2O2/c1-2-21-15-8-7-14-13-6-4-10-18-9-3-5-12(16(13)18)11-19(14)17(15)20/h12-16H,2-11H2,1H3. The molecule has 4 heterocycles. The Balaban J connectivity index is 1.58. The van der Waals surface area contributed by atoms with Crippen LogP contribution in [0.5, 0.6) is 0 Å². The second-order valence-electron chi connectivity index (χ2n) is 7.31. The molecule has 4 nitrogen and oxygen atoms in total. The summed E-state index contributed by atoms with van der Waals surface area (Å²) >= 11 is 0. The SMILES string of the molecule is CCOC1CCC2C3CCCN4CCCC(CN2C1=O)C34. The fraction of sp³-hybridized carbons (Fsp3) is 0.941. The zero-order valence-corrected chi connectivity index (χ0v) is 13.2. The summed E-state index contributed by atoms with van der Waals surface area (Å²) in [5, 5.41) is 0. The van der Waals surface area contributed by atoms with Crippen molar-refractivity contribution in [2.24, 2.45) is 11.8 Å². The van der Waals surface area contributed by atoms with Crippen molar-refractivity contribution in [1.82, 2.24) is 9.80 Å². The number of hydrogen-bond donors (Lipinski definition) is 0. The van der Waals surface area contributed by atoms with E-state index in [1.165, 1.54) is 38.8 Å². The van der Waals surface area contributed by atoms with Gasteiger partial charge < -0.3 is 9.64 Å². The molecule has 0 radical (unpaired) electrons. The van der Waals surface area contributed by atoms with Crippen LogP contribution in [-0.4, -0.2) is 60.1 Å². The van der Waals surface area contributed by atoms with Gasteiger partial charge in [-0.25, -0.2) is 0 Å². The van der Waals surface area contributed by atoms with Crippen molar-refractivity contribution in [2.75, 3.05) is 26.2 Å². The van der Waals surface area contributed by atoms with Gasteiger partial charge in [-0.05, 0) is 70.4 Å². The van der Waals surface area contributed by atoms with Crippen LogP contribution in [0.1, 0.15) is 45.4 Å². The van der Waals surface area contributed by atoms with Gasteiger partial charge in [0, 0.05) is 25.2 Å². The first-order valence-corrected chi connectivity index (χ1v) is 8.95. The second-order valence-corrected chi connectivity index (χ2v) is 7.31. The summed E-state index contributed by atoms with van der Waals surface area (Å²) in [4.78, 5) is 17.7. The minimum atomic E-state index is -0.161. The van der Waals surface area contributed by atoms with E-state index in [1.807, 2.05) is 6.92 Å². The molecule has 4 fully saturated rings. The lowest BCUT2D eigenvalue weighted by atomic mass is 9.68. The average molecular weight is 292 g/mol. The van der Waals surface area contributed by atoms with E-state index in [2.05, 4.69) is 9.80 Å². The summed E-state index contributed by atoms with van der Waals surface area (Å²) in [6, 6.07) is 1.27. The number of nitrogens with zero attached hydrogens (tertiary/aromatic N) is 2. The summed E-state index contributed by atoms with van der Waals surface area (Å²) in [6.07, 6.45) is 7.20. The second kappa shape index (κ2) is 5.54.